The Labute approximate surface area is 199 Å². The molecule has 0 spiro atoms. The second-order valence-electron chi connectivity index (χ2n) is 8.33. The fraction of sp³-hybridized carbons (Fsp3) is 0.773. The van der Waals surface area contributed by atoms with E-state index >= 15 is 0 Å². The van der Waals surface area contributed by atoms with Crippen molar-refractivity contribution in [2.24, 2.45) is 10.9 Å². The smallest absolute Gasteiger partial charge is 0.191 e. The predicted octanol–water partition coefficient (Wildman–Crippen LogP) is 2.95. The van der Waals surface area contributed by atoms with Gasteiger partial charge in [0.15, 0.2) is 5.96 Å². The van der Waals surface area contributed by atoms with Crippen LogP contribution in [0.4, 0.5) is 0 Å². The topological polar surface area (TPSA) is 65.3 Å². The molecule has 172 valence electrons. The van der Waals surface area contributed by atoms with Crippen LogP contribution in [0.15, 0.2) is 27.8 Å². The number of nitrogens with one attached hydrogen (secondary N) is 2. The van der Waals surface area contributed by atoms with Crippen molar-refractivity contribution in [3.8, 4) is 0 Å². The number of likely N-dealkylation sites (tertiary alicyclic amines) is 1. The van der Waals surface area contributed by atoms with Crippen LogP contribution < -0.4 is 10.6 Å². The normalized spacial score (nSPS) is 20.7. The first-order valence-corrected chi connectivity index (χ1v) is 11.3. The van der Waals surface area contributed by atoms with Crippen molar-refractivity contribution in [1.29, 1.82) is 0 Å². The quantitative estimate of drug-likeness (QED) is 0.289. The summed E-state index contributed by atoms with van der Waals surface area (Å²) in [5, 5.41) is 6.99. The van der Waals surface area contributed by atoms with Crippen molar-refractivity contribution >= 4 is 29.9 Å². The minimum atomic E-state index is 0. The molecule has 2 atom stereocenters. The fourth-order valence-corrected chi connectivity index (χ4v) is 4.32. The van der Waals surface area contributed by atoms with Gasteiger partial charge < -0.3 is 19.8 Å². The van der Waals surface area contributed by atoms with Gasteiger partial charge in [-0.1, -0.05) is 13.8 Å². The summed E-state index contributed by atoms with van der Waals surface area (Å²) in [5.41, 5.74) is 0. The van der Waals surface area contributed by atoms with Gasteiger partial charge in [0.1, 0.15) is 5.76 Å². The van der Waals surface area contributed by atoms with E-state index in [1.165, 1.54) is 12.8 Å². The van der Waals surface area contributed by atoms with Crippen LogP contribution in [0.25, 0.3) is 0 Å². The summed E-state index contributed by atoms with van der Waals surface area (Å²) in [5.74, 6) is 2.48. The molecule has 0 amide bonds. The average Bonchev–Trinajstić information content (AvgIpc) is 3.43. The summed E-state index contributed by atoms with van der Waals surface area (Å²) in [6.45, 7) is 15.0. The lowest BCUT2D eigenvalue weighted by atomic mass is 10.0. The number of aliphatic imine (C=N–C) groups is 1. The van der Waals surface area contributed by atoms with E-state index in [-0.39, 0.29) is 30.0 Å². The predicted molar refractivity (Wildman–Crippen MR) is 133 cm³/mol. The largest absolute Gasteiger partial charge is 0.468 e. The number of guanidine groups is 1. The Bertz CT molecular complexity index is 599. The number of ether oxygens (including phenoxy) is 1. The van der Waals surface area contributed by atoms with Gasteiger partial charge in [-0.25, -0.2) is 0 Å². The molecular formula is C22H40IN5O2. The third-order valence-electron chi connectivity index (χ3n) is 5.98. The first-order valence-electron chi connectivity index (χ1n) is 11.3. The highest BCUT2D eigenvalue weighted by Gasteiger charge is 2.26. The van der Waals surface area contributed by atoms with E-state index in [4.69, 9.17) is 14.1 Å². The second kappa shape index (κ2) is 13.5. The van der Waals surface area contributed by atoms with Crippen molar-refractivity contribution < 1.29 is 9.15 Å². The molecule has 3 heterocycles. The van der Waals surface area contributed by atoms with E-state index in [1.54, 1.807) is 6.26 Å². The van der Waals surface area contributed by atoms with Gasteiger partial charge in [0.05, 0.1) is 32.1 Å². The number of rotatable bonds is 9. The molecule has 2 N–H and O–H groups in total. The van der Waals surface area contributed by atoms with Crippen molar-refractivity contribution in [3.63, 3.8) is 0 Å². The van der Waals surface area contributed by atoms with Gasteiger partial charge in [-0.3, -0.25) is 14.8 Å². The zero-order valence-corrected chi connectivity index (χ0v) is 21.1. The van der Waals surface area contributed by atoms with Gasteiger partial charge in [-0.15, -0.1) is 24.0 Å². The van der Waals surface area contributed by atoms with Crippen LogP contribution in [-0.2, 0) is 4.74 Å². The van der Waals surface area contributed by atoms with Crippen molar-refractivity contribution in [3.05, 3.63) is 24.2 Å². The number of nitrogens with zero attached hydrogens (tertiary/aromatic N) is 3. The first kappa shape index (κ1) is 25.4. The summed E-state index contributed by atoms with van der Waals surface area (Å²) in [7, 11) is 0. The third kappa shape index (κ3) is 7.39. The van der Waals surface area contributed by atoms with Gasteiger partial charge in [-0.05, 0) is 50.9 Å². The minimum Gasteiger partial charge on any atom is -0.468 e. The third-order valence-corrected chi connectivity index (χ3v) is 5.98. The molecule has 8 heteroatoms. The van der Waals surface area contributed by atoms with Gasteiger partial charge in [0, 0.05) is 32.2 Å². The van der Waals surface area contributed by atoms with E-state index in [2.05, 4.69) is 47.3 Å². The fourth-order valence-electron chi connectivity index (χ4n) is 4.32. The molecule has 0 saturated carbocycles. The van der Waals surface area contributed by atoms with E-state index in [1.807, 2.05) is 6.07 Å². The van der Waals surface area contributed by atoms with Crippen LogP contribution in [0.3, 0.4) is 0 Å². The Morgan fingerprint density at radius 1 is 1.10 bits per heavy atom. The molecule has 2 aliphatic rings. The van der Waals surface area contributed by atoms with E-state index in [0.29, 0.717) is 12.0 Å². The lowest BCUT2D eigenvalue weighted by molar-refractivity contribution is 0.00867. The van der Waals surface area contributed by atoms with Crippen molar-refractivity contribution in [2.75, 3.05) is 59.0 Å². The van der Waals surface area contributed by atoms with Gasteiger partial charge >= 0.3 is 0 Å². The highest BCUT2D eigenvalue weighted by Crippen LogP contribution is 2.24. The number of hydrogen-bond acceptors (Lipinski definition) is 5. The maximum atomic E-state index is 5.75. The molecule has 7 nitrogen and oxygen atoms in total. The Kier molecular flexibility index (Phi) is 11.5. The Morgan fingerprint density at radius 2 is 1.83 bits per heavy atom. The molecule has 2 fully saturated rings. The van der Waals surface area contributed by atoms with Gasteiger partial charge in [0.2, 0.25) is 0 Å². The minimum absolute atomic E-state index is 0. The highest BCUT2D eigenvalue weighted by molar-refractivity contribution is 14.0. The number of hydrogen-bond donors (Lipinski definition) is 2. The molecule has 1 aromatic heterocycles. The van der Waals surface area contributed by atoms with Gasteiger partial charge in [-0.2, -0.15) is 0 Å². The van der Waals surface area contributed by atoms with Crippen LogP contribution in [0, 0.1) is 5.92 Å². The first-order chi connectivity index (χ1) is 14.2. The SMILES string of the molecule is CCNC(=NCC(C(C)C)N1CCOCC1)NCC(c1ccco1)N1CCCC1.I. The molecule has 0 aromatic carbocycles. The number of furan rings is 1. The second-order valence-corrected chi connectivity index (χ2v) is 8.33. The van der Waals surface area contributed by atoms with E-state index in [9.17, 15) is 0 Å². The van der Waals surface area contributed by atoms with Crippen molar-refractivity contribution in [2.45, 2.75) is 45.7 Å². The molecular weight excluding hydrogens is 493 g/mol. The van der Waals surface area contributed by atoms with Crippen LogP contribution in [0.2, 0.25) is 0 Å². The van der Waals surface area contributed by atoms with Crippen LogP contribution in [0.1, 0.15) is 45.4 Å². The molecule has 0 radical (unpaired) electrons. The standard InChI is InChI=1S/C22H39N5O2.HI/c1-4-23-22(24-16-19(18(2)3)27-11-14-28-15-12-27)25-17-20(21-8-7-13-29-21)26-9-5-6-10-26;/h7-8,13,18-20H,4-6,9-12,14-17H2,1-3H3,(H2,23,24,25);1H. The molecule has 2 aliphatic heterocycles. The Balaban J connectivity index is 0.00000320. The zero-order chi connectivity index (χ0) is 20.5. The molecule has 0 aliphatic carbocycles. The zero-order valence-electron chi connectivity index (χ0n) is 18.8. The lowest BCUT2D eigenvalue weighted by Crippen LogP contribution is -2.48. The van der Waals surface area contributed by atoms with Gasteiger partial charge in [0.25, 0.3) is 0 Å². The lowest BCUT2D eigenvalue weighted by Gasteiger charge is -2.36. The van der Waals surface area contributed by atoms with Crippen LogP contribution in [-0.4, -0.2) is 80.8 Å². The molecule has 0 bridgehead atoms. The van der Waals surface area contributed by atoms with Crippen LogP contribution >= 0.6 is 24.0 Å². The number of halogens is 1. The number of morpholine rings is 1. The molecule has 30 heavy (non-hydrogen) atoms. The molecule has 2 saturated heterocycles. The van der Waals surface area contributed by atoms with E-state index in [0.717, 1.165) is 70.7 Å². The maximum absolute atomic E-state index is 5.75. The summed E-state index contributed by atoms with van der Waals surface area (Å²) >= 11 is 0. The van der Waals surface area contributed by atoms with Crippen molar-refractivity contribution in [1.82, 2.24) is 20.4 Å². The molecule has 1 aromatic rings. The summed E-state index contributed by atoms with van der Waals surface area (Å²) < 4.78 is 11.3. The summed E-state index contributed by atoms with van der Waals surface area (Å²) in [6.07, 6.45) is 4.30. The Morgan fingerprint density at radius 3 is 2.43 bits per heavy atom. The highest BCUT2D eigenvalue weighted by atomic mass is 127. The molecule has 3 rings (SSSR count). The summed E-state index contributed by atoms with van der Waals surface area (Å²) in [6, 6.07) is 4.75. The van der Waals surface area contributed by atoms with Crippen LogP contribution in [0.5, 0.6) is 0 Å². The average molecular weight is 533 g/mol. The summed E-state index contributed by atoms with van der Waals surface area (Å²) in [4.78, 5) is 9.99. The van der Waals surface area contributed by atoms with E-state index < -0.39 is 0 Å². The maximum Gasteiger partial charge on any atom is 0.191 e. The Hall–Kier alpha value is -0.840. The monoisotopic (exact) mass is 533 g/mol. The molecule has 2 unspecified atom stereocenters.